The normalized spacial score (nSPS) is 19.8. The molecule has 1 fully saturated rings. The highest BCUT2D eigenvalue weighted by molar-refractivity contribution is 7.98. The average Bonchev–Trinajstić information content (AvgIpc) is 2.46. The number of nitrogens with zero attached hydrogens (tertiary/aromatic N) is 3. The van der Waals surface area contributed by atoms with E-state index in [0.717, 1.165) is 36.9 Å². The highest BCUT2D eigenvalue weighted by atomic mass is 32.2. The number of piperidine rings is 1. The Labute approximate surface area is 114 Å². The molecule has 4 nitrogen and oxygen atoms in total. The first kappa shape index (κ1) is 13.6. The van der Waals surface area contributed by atoms with Crippen LogP contribution in [0.25, 0.3) is 0 Å². The fourth-order valence-corrected chi connectivity index (χ4v) is 2.80. The first-order valence-electron chi connectivity index (χ1n) is 6.68. The van der Waals surface area contributed by atoms with Crippen LogP contribution in [0.5, 0.6) is 0 Å². The molecule has 1 aromatic rings. The molecule has 1 aromatic heterocycles. The first-order chi connectivity index (χ1) is 8.85. The van der Waals surface area contributed by atoms with E-state index in [-0.39, 0.29) is 0 Å². The lowest BCUT2D eigenvalue weighted by atomic mass is 10.1. The number of thioether (sulfide) groups is 1. The summed E-state index contributed by atoms with van der Waals surface area (Å²) in [6, 6.07) is 2.68. The van der Waals surface area contributed by atoms with E-state index in [0.29, 0.717) is 6.04 Å². The predicted octanol–water partition coefficient (Wildman–Crippen LogP) is 2.17. The Morgan fingerprint density at radius 3 is 3.06 bits per heavy atom. The van der Waals surface area contributed by atoms with E-state index in [1.165, 1.54) is 12.8 Å². The summed E-state index contributed by atoms with van der Waals surface area (Å²) in [5.74, 6) is 1.07. The van der Waals surface area contributed by atoms with Crippen molar-refractivity contribution in [3.05, 3.63) is 12.4 Å². The Morgan fingerprint density at radius 1 is 1.50 bits per heavy atom. The summed E-state index contributed by atoms with van der Waals surface area (Å²) >= 11 is 1.67. The summed E-state index contributed by atoms with van der Waals surface area (Å²) in [6.45, 7) is 5.51. The zero-order valence-electron chi connectivity index (χ0n) is 11.2. The van der Waals surface area contributed by atoms with Crippen molar-refractivity contribution >= 4 is 17.6 Å². The van der Waals surface area contributed by atoms with Crippen LogP contribution in [0, 0.1) is 0 Å². The maximum atomic E-state index is 4.46. The third-order valence-electron chi connectivity index (χ3n) is 3.31. The maximum absolute atomic E-state index is 4.46. The molecule has 1 saturated heterocycles. The van der Waals surface area contributed by atoms with Crippen LogP contribution in [-0.4, -0.2) is 41.9 Å². The molecule has 1 N–H and O–H groups in total. The zero-order chi connectivity index (χ0) is 12.8. The molecular formula is C13H22N4S. The van der Waals surface area contributed by atoms with Gasteiger partial charge in [-0.05, 0) is 32.1 Å². The minimum absolute atomic E-state index is 0.573. The van der Waals surface area contributed by atoms with E-state index < -0.39 is 0 Å². The van der Waals surface area contributed by atoms with Gasteiger partial charge in [0.05, 0.1) is 0 Å². The molecule has 2 heterocycles. The quantitative estimate of drug-likeness (QED) is 0.653. The number of hydrogen-bond donors (Lipinski definition) is 1. The Hall–Kier alpha value is -0.810. The molecular weight excluding hydrogens is 244 g/mol. The largest absolute Gasteiger partial charge is 0.352 e. The second kappa shape index (κ2) is 6.95. The van der Waals surface area contributed by atoms with Crippen LogP contribution in [0.2, 0.25) is 0 Å². The second-order valence-corrected chi connectivity index (χ2v) is 5.44. The minimum atomic E-state index is 0.573. The highest BCUT2D eigenvalue weighted by Gasteiger charge is 2.21. The van der Waals surface area contributed by atoms with Gasteiger partial charge in [-0.15, -0.1) is 11.8 Å². The molecule has 5 heteroatoms. The predicted molar refractivity (Wildman–Crippen MR) is 77.3 cm³/mol. The van der Waals surface area contributed by atoms with Gasteiger partial charge in [-0.25, -0.2) is 9.97 Å². The molecule has 1 aliphatic rings. The molecule has 1 aliphatic heterocycles. The van der Waals surface area contributed by atoms with Crippen LogP contribution in [0.4, 0.5) is 5.82 Å². The van der Waals surface area contributed by atoms with Gasteiger partial charge in [0.25, 0.3) is 0 Å². The Bertz CT molecular complexity index is 366. The number of hydrogen-bond acceptors (Lipinski definition) is 5. The lowest BCUT2D eigenvalue weighted by Gasteiger charge is -2.35. The van der Waals surface area contributed by atoms with E-state index in [4.69, 9.17) is 0 Å². The topological polar surface area (TPSA) is 41.1 Å². The van der Waals surface area contributed by atoms with E-state index in [2.05, 4.69) is 39.4 Å². The van der Waals surface area contributed by atoms with Gasteiger partial charge in [0.2, 0.25) is 0 Å². The van der Waals surface area contributed by atoms with Gasteiger partial charge in [0, 0.05) is 25.2 Å². The Kier molecular flexibility index (Phi) is 5.26. The zero-order valence-corrected chi connectivity index (χ0v) is 12.0. The maximum Gasteiger partial charge on any atom is 0.133 e. The van der Waals surface area contributed by atoms with Gasteiger partial charge < -0.3 is 10.2 Å². The smallest absolute Gasteiger partial charge is 0.133 e. The van der Waals surface area contributed by atoms with Crippen LogP contribution in [0.15, 0.2) is 17.4 Å². The summed E-state index contributed by atoms with van der Waals surface area (Å²) in [5, 5.41) is 4.53. The number of aromatic nitrogens is 2. The van der Waals surface area contributed by atoms with Crippen molar-refractivity contribution < 1.29 is 0 Å². The Morgan fingerprint density at radius 2 is 2.39 bits per heavy atom. The van der Waals surface area contributed by atoms with Crippen LogP contribution in [0.3, 0.4) is 0 Å². The van der Waals surface area contributed by atoms with Gasteiger partial charge in [0.1, 0.15) is 17.2 Å². The summed E-state index contributed by atoms with van der Waals surface area (Å²) in [5.41, 5.74) is 0. The summed E-state index contributed by atoms with van der Waals surface area (Å²) in [4.78, 5) is 11.1. The Balaban J connectivity index is 2.16. The fraction of sp³-hybridized carbons (Fsp3) is 0.692. The number of anilines is 1. The third kappa shape index (κ3) is 3.36. The van der Waals surface area contributed by atoms with Crippen molar-refractivity contribution in [2.45, 2.75) is 37.3 Å². The lowest BCUT2D eigenvalue weighted by Crippen LogP contribution is -2.46. The molecule has 0 radical (unpaired) electrons. The fourth-order valence-electron chi connectivity index (χ4n) is 2.42. The standard InChI is InChI=1S/C13H22N4S/c1-3-7-17(11-5-4-6-14-9-11)12-8-13(18-2)16-10-15-12/h8,10-11,14H,3-7,9H2,1-2H3. The summed E-state index contributed by atoms with van der Waals surface area (Å²) < 4.78 is 0. The lowest BCUT2D eigenvalue weighted by molar-refractivity contribution is 0.428. The van der Waals surface area contributed by atoms with Gasteiger partial charge in [-0.1, -0.05) is 6.92 Å². The molecule has 0 saturated carbocycles. The molecule has 0 spiro atoms. The van der Waals surface area contributed by atoms with E-state index >= 15 is 0 Å². The van der Waals surface area contributed by atoms with Crippen molar-refractivity contribution in [3.8, 4) is 0 Å². The third-order valence-corrected chi connectivity index (χ3v) is 3.95. The van der Waals surface area contributed by atoms with Crippen LogP contribution >= 0.6 is 11.8 Å². The van der Waals surface area contributed by atoms with Gasteiger partial charge in [0.15, 0.2) is 0 Å². The number of nitrogens with one attached hydrogen (secondary N) is 1. The van der Waals surface area contributed by atoms with E-state index in [9.17, 15) is 0 Å². The van der Waals surface area contributed by atoms with Gasteiger partial charge in [-0.3, -0.25) is 0 Å². The van der Waals surface area contributed by atoms with Gasteiger partial charge in [-0.2, -0.15) is 0 Å². The first-order valence-corrected chi connectivity index (χ1v) is 7.91. The van der Waals surface area contributed by atoms with Gasteiger partial charge >= 0.3 is 0 Å². The second-order valence-electron chi connectivity index (χ2n) is 4.61. The highest BCUT2D eigenvalue weighted by Crippen LogP contribution is 2.22. The van der Waals surface area contributed by atoms with Crippen LogP contribution in [0.1, 0.15) is 26.2 Å². The molecule has 2 rings (SSSR count). The molecule has 0 aromatic carbocycles. The van der Waals surface area contributed by atoms with Crippen molar-refractivity contribution in [1.82, 2.24) is 15.3 Å². The molecule has 18 heavy (non-hydrogen) atoms. The minimum Gasteiger partial charge on any atom is -0.352 e. The van der Waals surface area contributed by atoms with E-state index in [1.807, 2.05) is 0 Å². The SMILES string of the molecule is CCCN(c1cc(SC)ncn1)C1CCCNC1. The molecule has 0 amide bonds. The molecule has 0 aliphatic carbocycles. The van der Waals surface area contributed by atoms with Crippen LogP contribution in [-0.2, 0) is 0 Å². The van der Waals surface area contributed by atoms with Crippen LogP contribution < -0.4 is 10.2 Å². The number of rotatable bonds is 5. The molecule has 0 bridgehead atoms. The molecule has 1 atom stereocenters. The van der Waals surface area contributed by atoms with E-state index in [1.54, 1.807) is 18.1 Å². The van der Waals surface area contributed by atoms with Crippen molar-refractivity contribution in [3.63, 3.8) is 0 Å². The van der Waals surface area contributed by atoms with Crippen molar-refractivity contribution in [2.75, 3.05) is 30.8 Å². The van der Waals surface area contributed by atoms with Crippen molar-refractivity contribution in [2.24, 2.45) is 0 Å². The molecule has 100 valence electrons. The van der Waals surface area contributed by atoms with Crippen molar-refractivity contribution in [1.29, 1.82) is 0 Å². The monoisotopic (exact) mass is 266 g/mol. The average molecular weight is 266 g/mol. The summed E-state index contributed by atoms with van der Waals surface area (Å²) in [6.07, 6.45) is 7.39. The summed E-state index contributed by atoms with van der Waals surface area (Å²) in [7, 11) is 0. The molecule has 1 unspecified atom stereocenters.